The average Bonchev–Trinajstić information content (AvgIpc) is 2.57. The molecule has 0 nitrogen and oxygen atoms in total. The van der Waals surface area contributed by atoms with Crippen molar-refractivity contribution in [3.8, 4) is 0 Å². The van der Waals surface area contributed by atoms with Crippen LogP contribution in [0.4, 0.5) is 0 Å². The Bertz CT molecular complexity index is 550. The van der Waals surface area contributed by atoms with E-state index in [4.69, 9.17) is 0 Å². The van der Waals surface area contributed by atoms with Gasteiger partial charge in [0.1, 0.15) is 0 Å². The molecule has 2 aromatic carbocycles. The van der Waals surface area contributed by atoms with Gasteiger partial charge in [0.05, 0.1) is 0 Å². The fourth-order valence-electron chi connectivity index (χ4n) is 4.36. The maximum atomic E-state index is 2.47. The molecule has 2 aromatic rings. The molecular formula is C22H29Sn. The first kappa shape index (κ1) is 17.1. The summed E-state index contributed by atoms with van der Waals surface area (Å²) in [5, 5.41) is 0. The third-order valence-corrected chi connectivity index (χ3v) is 15.0. The van der Waals surface area contributed by atoms with Crippen LogP contribution in [-0.2, 0) is 0 Å². The van der Waals surface area contributed by atoms with Crippen LogP contribution in [0.15, 0.2) is 60.7 Å². The van der Waals surface area contributed by atoms with Crippen molar-refractivity contribution in [2.75, 3.05) is 0 Å². The molecule has 0 amide bonds. The van der Waals surface area contributed by atoms with E-state index in [-0.39, 0.29) is 0 Å². The van der Waals surface area contributed by atoms with Crippen molar-refractivity contribution in [2.45, 2.75) is 44.0 Å². The van der Waals surface area contributed by atoms with E-state index in [1.54, 1.807) is 7.16 Å². The molecule has 0 saturated heterocycles. The minimum absolute atomic E-state index is 0.815. The third-order valence-electron chi connectivity index (χ3n) is 5.56. The van der Waals surface area contributed by atoms with E-state index in [0.717, 1.165) is 21.7 Å². The molecule has 1 aliphatic carbocycles. The first-order valence-corrected chi connectivity index (χ1v) is 13.6. The summed E-state index contributed by atoms with van der Waals surface area (Å²) >= 11 is -1.90. The molecule has 0 bridgehead atoms. The van der Waals surface area contributed by atoms with Crippen LogP contribution in [0.3, 0.4) is 0 Å². The van der Waals surface area contributed by atoms with Crippen molar-refractivity contribution >= 4 is 26.9 Å². The predicted molar refractivity (Wildman–Crippen MR) is 103 cm³/mol. The summed E-state index contributed by atoms with van der Waals surface area (Å²) in [6, 6.07) is 23.0. The van der Waals surface area contributed by atoms with Gasteiger partial charge in [-0.3, -0.25) is 0 Å². The summed E-state index contributed by atoms with van der Waals surface area (Å²) < 4.78 is 4.32. The van der Waals surface area contributed by atoms with Gasteiger partial charge in [0.25, 0.3) is 0 Å². The van der Waals surface area contributed by atoms with Gasteiger partial charge in [0.15, 0.2) is 0 Å². The number of hydrogen-bond donors (Lipinski definition) is 0. The van der Waals surface area contributed by atoms with E-state index in [9.17, 15) is 0 Å². The summed E-state index contributed by atoms with van der Waals surface area (Å²) in [6.07, 6.45) is 4.31. The Balaban J connectivity index is 2.03. The van der Waals surface area contributed by atoms with Gasteiger partial charge in [-0.05, 0) is 0 Å². The topological polar surface area (TPSA) is 0 Å². The number of hydrogen-bond acceptors (Lipinski definition) is 0. The average molecular weight is 412 g/mol. The molecule has 0 aromatic heterocycles. The molecule has 3 rings (SSSR count). The molecular weight excluding hydrogens is 383 g/mol. The summed E-state index contributed by atoms with van der Waals surface area (Å²) in [4.78, 5) is 0. The summed E-state index contributed by atoms with van der Waals surface area (Å²) in [6.45, 7) is 7.37. The van der Waals surface area contributed by atoms with Crippen molar-refractivity contribution in [3.63, 3.8) is 0 Å². The van der Waals surface area contributed by atoms with E-state index >= 15 is 0 Å². The van der Waals surface area contributed by atoms with E-state index < -0.39 is 19.8 Å². The molecule has 23 heavy (non-hydrogen) atoms. The molecule has 1 fully saturated rings. The quantitative estimate of drug-likeness (QED) is 0.636. The molecule has 1 radical (unpaired) electrons. The van der Waals surface area contributed by atoms with Crippen LogP contribution in [-0.4, -0.2) is 19.8 Å². The van der Waals surface area contributed by atoms with E-state index in [2.05, 4.69) is 81.4 Å². The van der Waals surface area contributed by atoms with E-state index in [1.807, 2.05) is 0 Å². The number of rotatable bonds is 4. The second-order valence-electron chi connectivity index (χ2n) is 7.58. The molecule has 121 valence electrons. The van der Waals surface area contributed by atoms with Crippen LogP contribution >= 0.6 is 0 Å². The molecule has 0 N–H and O–H groups in total. The molecule has 0 heterocycles. The van der Waals surface area contributed by atoms with Gasteiger partial charge < -0.3 is 0 Å². The van der Waals surface area contributed by atoms with Gasteiger partial charge >= 0.3 is 149 Å². The molecule has 0 unspecified atom stereocenters. The molecule has 3 atom stereocenters. The zero-order valence-corrected chi connectivity index (χ0v) is 17.6. The Labute approximate surface area is 149 Å². The monoisotopic (exact) mass is 413 g/mol. The van der Waals surface area contributed by atoms with Gasteiger partial charge in [-0.15, -0.1) is 0 Å². The Kier molecular flexibility index (Phi) is 5.85. The Morgan fingerprint density at radius 1 is 0.826 bits per heavy atom. The van der Waals surface area contributed by atoms with Gasteiger partial charge in [0, 0.05) is 0 Å². The Hall–Kier alpha value is -0.761. The van der Waals surface area contributed by atoms with Crippen LogP contribution in [0.1, 0.15) is 40.0 Å². The molecule has 1 saturated carbocycles. The van der Waals surface area contributed by atoms with Crippen molar-refractivity contribution in [1.29, 1.82) is 0 Å². The normalized spacial score (nSPS) is 25.0. The van der Waals surface area contributed by atoms with Crippen molar-refractivity contribution in [1.82, 2.24) is 0 Å². The van der Waals surface area contributed by atoms with E-state index in [0.29, 0.717) is 0 Å². The SMILES string of the molecule is CC(C)[C@H]1CC[C@H](C)C[C@@H]1[Sn]([c]1ccccc1)[c]1ccccc1. The van der Waals surface area contributed by atoms with Crippen molar-refractivity contribution in [2.24, 2.45) is 17.8 Å². The maximum absolute atomic E-state index is 2.47. The summed E-state index contributed by atoms with van der Waals surface area (Å²) in [5.41, 5.74) is 0. The second-order valence-corrected chi connectivity index (χ2v) is 15.4. The van der Waals surface area contributed by atoms with Crippen molar-refractivity contribution in [3.05, 3.63) is 60.7 Å². The molecule has 0 spiro atoms. The third kappa shape index (κ3) is 4.02. The Morgan fingerprint density at radius 2 is 1.35 bits per heavy atom. The van der Waals surface area contributed by atoms with Crippen molar-refractivity contribution < 1.29 is 0 Å². The predicted octanol–water partition coefficient (Wildman–Crippen LogP) is 4.76. The standard InChI is InChI=1S/C10H19.2C6H5.Sn/c1-8(2)10-6-4-9(3)5-7-10;2*1-2-4-6-5-3-1;/h6,8-10H,4-5,7H2,1-3H3;2*1-5H;/t9-,10-;;;/m1.../s1. The fraction of sp³-hybridized carbons (Fsp3) is 0.455. The van der Waals surface area contributed by atoms with Gasteiger partial charge in [-0.1, -0.05) is 0 Å². The van der Waals surface area contributed by atoms with Crippen LogP contribution in [0.25, 0.3) is 0 Å². The zero-order chi connectivity index (χ0) is 16.2. The first-order valence-electron chi connectivity index (χ1n) is 9.14. The Morgan fingerprint density at radius 3 is 1.83 bits per heavy atom. The van der Waals surface area contributed by atoms with Gasteiger partial charge in [-0.2, -0.15) is 0 Å². The van der Waals surface area contributed by atoms with Crippen LogP contribution < -0.4 is 7.16 Å². The van der Waals surface area contributed by atoms with Crippen LogP contribution in [0, 0.1) is 17.8 Å². The fourth-order valence-corrected chi connectivity index (χ4v) is 15.5. The van der Waals surface area contributed by atoms with E-state index in [1.165, 1.54) is 19.3 Å². The summed E-state index contributed by atoms with van der Waals surface area (Å²) in [5.74, 6) is 2.63. The van der Waals surface area contributed by atoms with Crippen LogP contribution in [0.5, 0.6) is 0 Å². The van der Waals surface area contributed by atoms with Gasteiger partial charge in [0.2, 0.25) is 0 Å². The van der Waals surface area contributed by atoms with Gasteiger partial charge in [-0.25, -0.2) is 0 Å². The molecule has 1 heteroatoms. The first-order chi connectivity index (χ1) is 11.2. The summed E-state index contributed by atoms with van der Waals surface area (Å²) in [7, 11) is 0. The number of benzene rings is 2. The second kappa shape index (κ2) is 7.87. The zero-order valence-electron chi connectivity index (χ0n) is 14.7. The minimum atomic E-state index is -1.90. The molecule has 1 aliphatic rings. The molecule has 0 aliphatic heterocycles. The van der Waals surface area contributed by atoms with Crippen LogP contribution in [0.2, 0.25) is 3.93 Å².